The van der Waals surface area contributed by atoms with Crippen LogP contribution in [0.4, 0.5) is 11.4 Å². The van der Waals surface area contributed by atoms with Crippen LogP contribution in [0, 0.1) is 0 Å². The van der Waals surface area contributed by atoms with E-state index in [2.05, 4.69) is 5.32 Å². The van der Waals surface area contributed by atoms with Crippen molar-refractivity contribution in [1.82, 2.24) is 0 Å². The van der Waals surface area contributed by atoms with E-state index in [1.165, 1.54) is 25.3 Å². The normalized spacial score (nSPS) is 10.1. The molecule has 8 heteroatoms. The van der Waals surface area contributed by atoms with E-state index < -0.39 is 18.5 Å². The summed E-state index contributed by atoms with van der Waals surface area (Å²) in [5, 5.41) is 3.22. The van der Waals surface area contributed by atoms with Crippen LogP contribution in [0.5, 0.6) is 5.75 Å². The summed E-state index contributed by atoms with van der Waals surface area (Å²) in [6, 6.07) is 9.08. The monoisotopic (exact) mass is 368 g/mol. The molecular formula is C16H14Cl2N2O4. The van der Waals surface area contributed by atoms with Crippen molar-refractivity contribution in [3.8, 4) is 5.75 Å². The number of ether oxygens (including phenoxy) is 2. The van der Waals surface area contributed by atoms with Crippen molar-refractivity contribution in [2.24, 2.45) is 0 Å². The third-order valence-electron chi connectivity index (χ3n) is 3.00. The van der Waals surface area contributed by atoms with Crippen molar-refractivity contribution in [1.29, 1.82) is 0 Å². The second-order valence-corrected chi connectivity index (χ2v) is 5.52. The predicted molar refractivity (Wildman–Crippen MR) is 92.8 cm³/mol. The van der Waals surface area contributed by atoms with Crippen LogP contribution in [0.1, 0.15) is 10.4 Å². The molecule has 0 bridgehead atoms. The molecular weight excluding hydrogens is 355 g/mol. The van der Waals surface area contributed by atoms with Crippen LogP contribution >= 0.6 is 23.2 Å². The van der Waals surface area contributed by atoms with Gasteiger partial charge in [-0.2, -0.15) is 0 Å². The molecule has 2 rings (SSSR count). The van der Waals surface area contributed by atoms with E-state index >= 15 is 0 Å². The fourth-order valence-corrected chi connectivity index (χ4v) is 2.14. The van der Waals surface area contributed by atoms with Crippen LogP contribution in [0.15, 0.2) is 36.4 Å². The van der Waals surface area contributed by atoms with Crippen LogP contribution in [0.25, 0.3) is 0 Å². The summed E-state index contributed by atoms with van der Waals surface area (Å²) >= 11 is 11.6. The lowest BCUT2D eigenvalue weighted by Crippen LogP contribution is -2.21. The third-order valence-corrected chi connectivity index (χ3v) is 3.74. The number of anilines is 2. The largest absolute Gasteiger partial charge is 0.495 e. The molecule has 2 aromatic rings. The molecule has 6 nitrogen and oxygen atoms in total. The van der Waals surface area contributed by atoms with Crippen molar-refractivity contribution in [2.45, 2.75) is 0 Å². The number of nitrogens with two attached hydrogens (primary N) is 1. The lowest BCUT2D eigenvalue weighted by atomic mass is 10.2. The van der Waals surface area contributed by atoms with Crippen LogP contribution < -0.4 is 15.8 Å². The molecule has 0 spiro atoms. The van der Waals surface area contributed by atoms with E-state index in [0.29, 0.717) is 27.2 Å². The maximum Gasteiger partial charge on any atom is 0.338 e. The maximum absolute atomic E-state index is 11.9. The molecule has 0 unspecified atom stereocenters. The van der Waals surface area contributed by atoms with Gasteiger partial charge in [-0.05, 0) is 36.4 Å². The molecule has 0 radical (unpaired) electrons. The summed E-state index contributed by atoms with van der Waals surface area (Å²) in [7, 11) is 1.47. The Hall–Kier alpha value is -2.44. The first-order valence-electron chi connectivity index (χ1n) is 6.76. The van der Waals surface area contributed by atoms with Crippen LogP contribution in [-0.2, 0) is 9.53 Å². The standard InChI is InChI=1S/C16H14Cl2N2O4/c1-23-14-5-2-9(6-13(14)19)16(22)24-8-15(21)20-10-3-4-11(17)12(18)7-10/h2-7H,8,19H2,1H3,(H,20,21). The summed E-state index contributed by atoms with van der Waals surface area (Å²) in [4.78, 5) is 23.7. The number of methoxy groups -OCH3 is 1. The van der Waals surface area contributed by atoms with E-state index in [0.717, 1.165) is 0 Å². The van der Waals surface area contributed by atoms with E-state index in [4.69, 9.17) is 38.4 Å². The Kier molecular flexibility index (Phi) is 5.89. The van der Waals surface area contributed by atoms with Gasteiger partial charge in [-0.1, -0.05) is 23.2 Å². The number of carbonyl (C=O) groups excluding carboxylic acids is 2. The van der Waals surface area contributed by atoms with Crippen LogP contribution in [0.3, 0.4) is 0 Å². The lowest BCUT2D eigenvalue weighted by Gasteiger charge is -2.09. The van der Waals surface area contributed by atoms with Gasteiger partial charge in [0.1, 0.15) is 5.75 Å². The molecule has 2 aromatic carbocycles. The van der Waals surface area contributed by atoms with Gasteiger partial charge >= 0.3 is 5.97 Å². The van der Waals surface area contributed by atoms with Gasteiger partial charge in [-0.15, -0.1) is 0 Å². The highest BCUT2D eigenvalue weighted by molar-refractivity contribution is 6.42. The minimum absolute atomic E-state index is 0.218. The fraction of sp³-hybridized carbons (Fsp3) is 0.125. The Morgan fingerprint density at radius 2 is 1.88 bits per heavy atom. The Balaban J connectivity index is 1.92. The number of hydrogen-bond donors (Lipinski definition) is 2. The fourth-order valence-electron chi connectivity index (χ4n) is 1.85. The zero-order valence-electron chi connectivity index (χ0n) is 12.6. The summed E-state index contributed by atoms with van der Waals surface area (Å²) in [6.45, 7) is -0.453. The zero-order chi connectivity index (χ0) is 17.7. The van der Waals surface area contributed by atoms with Gasteiger partial charge in [0.15, 0.2) is 6.61 Å². The molecule has 3 N–H and O–H groups in total. The Morgan fingerprint density at radius 3 is 2.50 bits per heavy atom. The first-order chi connectivity index (χ1) is 11.4. The van der Waals surface area contributed by atoms with E-state index in [9.17, 15) is 9.59 Å². The number of benzene rings is 2. The average molecular weight is 369 g/mol. The summed E-state index contributed by atoms with van der Waals surface area (Å²) in [6.07, 6.45) is 0. The minimum atomic E-state index is -0.673. The molecule has 0 aliphatic heterocycles. The number of amides is 1. The van der Waals surface area contributed by atoms with Crippen molar-refractivity contribution in [3.63, 3.8) is 0 Å². The number of hydrogen-bond acceptors (Lipinski definition) is 5. The number of nitrogen functional groups attached to an aromatic ring is 1. The predicted octanol–water partition coefficient (Wildman–Crippen LogP) is 3.38. The molecule has 0 aliphatic rings. The highest BCUT2D eigenvalue weighted by atomic mass is 35.5. The minimum Gasteiger partial charge on any atom is -0.495 e. The van der Waals surface area contributed by atoms with Crippen LogP contribution in [0.2, 0.25) is 10.0 Å². The first kappa shape index (κ1) is 17.9. The molecule has 0 saturated carbocycles. The topological polar surface area (TPSA) is 90.6 Å². The summed E-state index contributed by atoms with van der Waals surface area (Å²) in [5.41, 5.74) is 6.68. The number of rotatable bonds is 5. The van der Waals surface area contributed by atoms with E-state index in [1.807, 2.05) is 0 Å². The van der Waals surface area contributed by atoms with Crippen molar-refractivity contribution in [2.75, 3.05) is 24.8 Å². The van der Waals surface area contributed by atoms with Gasteiger partial charge in [0.05, 0.1) is 28.4 Å². The summed E-state index contributed by atoms with van der Waals surface area (Å²) in [5.74, 6) is -0.735. The Bertz CT molecular complexity index is 781. The molecule has 0 heterocycles. The molecule has 24 heavy (non-hydrogen) atoms. The van der Waals surface area contributed by atoms with Crippen molar-refractivity contribution >= 4 is 46.5 Å². The molecule has 0 aromatic heterocycles. The smallest absolute Gasteiger partial charge is 0.338 e. The van der Waals surface area contributed by atoms with Gasteiger partial charge < -0.3 is 20.5 Å². The number of esters is 1. The van der Waals surface area contributed by atoms with Gasteiger partial charge in [0.2, 0.25) is 0 Å². The van der Waals surface area contributed by atoms with Gasteiger partial charge in [0.25, 0.3) is 5.91 Å². The number of nitrogens with one attached hydrogen (secondary N) is 1. The van der Waals surface area contributed by atoms with Crippen molar-refractivity contribution in [3.05, 3.63) is 52.0 Å². The quantitative estimate of drug-likeness (QED) is 0.623. The first-order valence-corrected chi connectivity index (χ1v) is 7.52. The highest BCUT2D eigenvalue weighted by Crippen LogP contribution is 2.25. The SMILES string of the molecule is COc1ccc(C(=O)OCC(=O)Nc2ccc(Cl)c(Cl)c2)cc1N. The second kappa shape index (κ2) is 7.90. The molecule has 0 atom stereocenters. The summed E-state index contributed by atoms with van der Waals surface area (Å²) < 4.78 is 9.94. The molecule has 0 fully saturated rings. The maximum atomic E-state index is 11.9. The highest BCUT2D eigenvalue weighted by Gasteiger charge is 2.12. The van der Waals surface area contributed by atoms with Gasteiger partial charge in [0, 0.05) is 5.69 Å². The molecule has 0 saturated heterocycles. The second-order valence-electron chi connectivity index (χ2n) is 4.71. The zero-order valence-corrected chi connectivity index (χ0v) is 14.1. The average Bonchev–Trinajstić information content (AvgIpc) is 2.56. The van der Waals surface area contributed by atoms with Crippen LogP contribution in [-0.4, -0.2) is 25.6 Å². The Morgan fingerprint density at radius 1 is 1.12 bits per heavy atom. The molecule has 1 amide bonds. The van der Waals surface area contributed by atoms with Crippen molar-refractivity contribution < 1.29 is 19.1 Å². The van der Waals surface area contributed by atoms with E-state index in [1.54, 1.807) is 18.2 Å². The number of halogens is 2. The van der Waals surface area contributed by atoms with E-state index in [-0.39, 0.29) is 5.56 Å². The Labute approximate surface area is 148 Å². The molecule has 126 valence electrons. The lowest BCUT2D eigenvalue weighted by molar-refractivity contribution is -0.119. The van der Waals surface area contributed by atoms with Gasteiger partial charge in [-0.3, -0.25) is 4.79 Å². The molecule has 0 aliphatic carbocycles. The third kappa shape index (κ3) is 4.53. The number of carbonyl (C=O) groups is 2. The van der Waals surface area contributed by atoms with Gasteiger partial charge in [-0.25, -0.2) is 4.79 Å².